The number of hydrogen-bond acceptors (Lipinski definition) is 0. The van der Waals surface area contributed by atoms with E-state index in [1.165, 1.54) is 0 Å². The van der Waals surface area contributed by atoms with Gasteiger partial charge in [0.25, 0.3) is 0 Å². The summed E-state index contributed by atoms with van der Waals surface area (Å²) in [5, 5.41) is 0.674. The summed E-state index contributed by atoms with van der Waals surface area (Å²) in [7, 11) is 0. The third-order valence-electron chi connectivity index (χ3n) is 4.53. The van der Waals surface area contributed by atoms with Crippen molar-refractivity contribution in [2.45, 2.75) is 39.8 Å². The van der Waals surface area contributed by atoms with Crippen molar-refractivity contribution < 1.29 is 0 Å². The summed E-state index contributed by atoms with van der Waals surface area (Å²) in [6.07, 6.45) is 4.11. The molecule has 0 aromatic heterocycles. The van der Waals surface area contributed by atoms with E-state index in [2.05, 4.69) is 0 Å². The molecule has 2 saturated carbocycles. The van der Waals surface area contributed by atoms with Gasteiger partial charge in [-0.15, -0.1) is 23.2 Å². The first-order valence-electron chi connectivity index (χ1n) is 5.61. The zero-order valence-corrected chi connectivity index (χ0v) is 13.3. The SMILES string of the molecule is ClC1=C(Cl)C2(Cl)C3CCCCC3C1(Cl)C2(Cl)Cl. The van der Waals surface area contributed by atoms with E-state index >= 15 is 0 Å². The molecule has 6 heteroatoms. The molecule has 0 radical (unpaired) electrons. The Morgan fingerprint density at radius 3 is 1.47 bits per heavy atom. The van der Waals surface area contributed by atoms with Crippen molar-refractivity contribution in [1.82, 2.24) is 0 Å². The second kappa shape index (κ2) is 3.77. The minimum absolute atomic E-state index is 0.111. The van der Waals surface area contributed by atoms with Crippen LogP contribution < -0.4 is 0 Å². The van der Waals surface area contributed by atoms with Gasteiger partial charge in [-0.3, -0.25) is 0 Å². The van der Waals surface area contributed by atoms with Gasteiger partial charge in [-0.1, -0.05) is 59.2 Å². The summed E-state index contributed by atoms with van der Waals surface area (Å²) in [5.74, 6) is 0.223. The summed E-state index contributed by atoms with van der Waals surface area (Å²) in [6.45, 7) is 0. The van der Waals surface area contributed by atoms with Gasteiger partial charge >= 0.3 is 0 Å². The standard InChI is InChI=1S/C11H10Cl6/c12-7-8(13)10(15)6-4-2-1-3-5(6)9(7,14)11(10,16)17/h5-6H,1-4H2. The summed E-state index contributed by atoms with van der Waals surface area (Å²) in [4.78, 5) is -2.05. The highest BCUT2D eigenvalue weighted by atomic mass is 35.5. The van der Waals surface area contributed by atoms with Gasteiger partial charge in [0, 0.05) is 0 Å². The lowest BCUT2D eigenvalue weighted by Gasteiger charge is -2.39. The Morgan fingerprint density at radius 2 is 1.12 bits per heavy atom. The predicted molar refractivity (Wildman–Crippen MR) is 75.8 cm³/mol. The van der Waals surface area contributed by atoms with Gasteiger partial charge in [0.15, 0.2) is 4.33 Å². The number of rotatable bonds is 0. The van der Waals surface area contributed by atoms with Crippen molar-refractivity contribution in [3.8, 4) is 0 Å². The predicted octanol–water partition coefficient (Wildman–Crippen LogP) is 5.64. The van der Waals surface area contributed by atoms with Crippen LogP contribution >= 0.6 is 69.6 Å². The number of halogens is 6. The molecule has 0 nitrogen and oxygen atoms in total. The molecule has 0 spiro atoms. The Kier molecular flexibility index (Phi) is 2.99. The highest BCUT2D eigenvalue weighted by Crippen LogP contribution is 2.78. The normalized spacial score (nSPS) is 51.9. The third kappa shape index (κ3) is 1.22. The van der Waals surface area contributed by atoms with E-state index in [9.17, 15) is 0 Å². The monoisotopic (exact) mass is 352 g/mol. The van der Waals surface area contributed by atoms with Crippen LogP contribution in [0.25, 0.3) is 0 Å². The highest BCUT2D eigenvalue weighted by molar-refractivity contribution is 6.65. The van der Waals surface area contributed by atoms with E-state index in [-0.39, 0.29) is 11.8 Å². The Morgan fingerprint density at radius 1 is 0.765 bits per heavy atom. The lowest BCUT2D eigenvalue weighted by molar-refractivity contribution is 0.234. The van der Waals surface area contributed by atoms with Gasteiger partial charge in [-0.2, -0.15) is 0 Å². The van der Waals surface area contributed by atoms with Gasteiger partial charge in [0.1, 0.15) is 9.75 Å². The minimum atomic E-state index is -1.34. The smallest absolute Gasteiger partial charge is 0.109 e. The maximum absolute atomic E-state index is 6.67. The van der Waals surface area contributed by atoms with Crippen molar-refractivity contribution in [1.29, 1.82) is 0 Å². The molecular formula is C11H10Cl6. The number of alkyl halides is 4. The van der Waals surface area contributed by atoms with Crippen LogP contribution in [0.1, 0.15) is 25.7 Å². The molecule has 0 N–H and O–H groups in total. The zero-order valence-electron chi connectivity index (χ0n) is 8.75. The largest absolute Gasteiger partial charge is 0.166 e. The van der Waals surface area contributed by atoms with Crippen LogP contribution in [0.5, 0.6) is 0 Å². The van der Waals surface area contributed by atoms with E-state index < -0.39 is 14.1 Å². The first-order chi connectivity index (χ1) is 7.79. The van der Waals surface area contributed by atoms with E-state index in [4.69, 9.17) is 69.6 Å². The molecule has 0 aromatic rings. The molecule has 3 aliphatic carbocycles. The van der Waals surface area contributed by atoms with E-state index in [1.807, 2.05) is 0 Å². The first-order valence-corrected chi connectivity index (χ1v) is 7.88. The summed E-state index contributed by atoms with van der Waals surface area (Å²) >= 11 is 38.8. The Balaban J connectivity index is 2.25. The molecule has 0 aliphatic heterocycles. The van der Waals surface area contributed by atoms with E-state index in [1.54, 1.807) is 0 Å². The topological polar surface area (TPSA) is 0 Å². The Hall–Kier alpha value is 1.48. The number of allylic oxidation sites excluding steroid dienone is 2. The lowest BCUT2D eigenvalue weighted by atomic mass is 9.73. The molecule has 3 rings (SSSR count). The van der Waals surface area contributed by atoms with Crippen LogP contribution in [0, 0.1) is 11.8 Å². The lowest BCUT2D eigenvalue weighted by Crippen LogP contribution is -2.44. The molecule has 4 unspecified atom stereocenters. The van der Waals surface area contributed by atoms with Crippen molar-refractivity contribution >= 4 is 69.6 Å². The molecule has 96 valence electrons. The summed E-state index contributed by atoms with van der Waals surface area (Å²) in [5.41, 5.74) is 0. The van der Waals surface area contributed by atoms with Crippen molar-refractivity contribution in [2.24, 2.45) is 11.8 Å². The third-order valence-corrected chi connectivity index (χ3v) is 8.88. The fraction of sp³-hybridized carbons (Fsp3) is 0.818. The average molecular weight is 355 g/mol. The van der Waals surface area contributed by atoms with Crippen LogP contribution in [-0.2, 0) is 0 Å². The average Bonchev–Trinajstić information content (AvgIpc) is 2.51. The summed E-state index contributed by atoms with van der Waals surface area (Å²) in [6, 6.07) is 0. The quantitative estimate of drug-likeness (QED) is 0.494. The number of hydrogen-bond donors (Lipinski definition) is 0. The highest BCUT2D eigenvalue weighted by Gasteiger charge is 2.81. The molecule has 0 aromatic carbocycles. The van der Waals surface area contributed by atoms with Crippen molar-refractivity contribution in [3.63, 3.8) is 0 Å². The minimum Gasteiger partial charge on any atom is -0.109 e. The van der Waals surface area contributed by atoms with Gasteiger partial charge in [-0.05, 0) is 24.7 Å². The Bertz CT molecular complexity index is 380. The van der Waals surface area contributed by atoms with E-state index in [0.717, 1.165) is 25.7 Å². The molecule has 4 atom stereocenters. The number of fused-ring (bicyclic) bond motifs is 5. The van der Waals surface area contributed by atoms with Gasteiger partial charge in [0.2, 0.25) is 0 Å². The molecule has 2 fully saturated rings. The Labute approximate surface area is 131 Å². The van der Waals surface area contributed by atoms with Crippen LogP contribution in [0.15, 0.2) is 10.1 Å². The van der Waals surface area contributed by atoms with Gasteiger partial charge in [-0.25, -0.2) is 0 Å². The van der Waals surface area contributed by atoms with Crippen molar-refractivity contribution in [2.75, 3.05) is 0 Å². The van der Waals surface area contributed by atoms with E-state index in [0.29, 0.717) is 10.1 Å². The molecular weight excluding hydrogens is 345 g/mol. The van der Waals surface area contributed by atoms with Gasteiger partial charge in [0.05, 0.1) is 10.1 Å². The molecule has 17 heavy (non-hydrogen) atoms. The first kappa shape index (κ1) is 13.5. The fourth-order valence-electron chi connectivity index (χ4n) is 3.73. The zero-order chi connectivity index (χ0) is 12.6. The van der Waals surface area contributed by atoms with Crippen LogP contribution in [-0.4, -0.2) is 14.1 Å². The second-order valence-electron chi connectivity index (χ2n) is 5.12. The molecule has 2 bridgehead atoms. The fourth-order valence-corrected chi connectivity index (χ4v) is 6.88. The van der Waals surface area contributed by atoms with Crippen LogP contribution in [0.2, 0.25) is 0 Å². The summed E-state index contributed by atoms with van der Waals surface area (Å²) < 4.78 is -1.34. The van der Waals surface area contributed by atoms with Crippen molar-refractivity contribution in [3.05, 3.63) is 10.1 Å². The maximum atomic E-state index is 6.67. The maximum Gasteiger partial charge on any atom is 0.166 e. The second-order valence-corrected chi connectivity index (χ2v) is 8.40. The van der Waals surface area contributed by atoms with Gasteiger partial charge < -0.3 is 0 Å². The van der Waals surface area contributed by atoms with Crippen LogP contribution in [0.3, 0.4) is 0 Å². The molecule has 0 heterocycles. The molecule has 0 saturated heterocycles. The van der Waals surface area contributed by atoms with Crippen LogP contribution in [0.4, 0.5) is 0 Å². The molecule has 3 aliphatic rings. The molecule has 0 amide bonds.